The summed E-state index contributed by atoms with van der Waals surface area (Å²) in [5, 5.41) is 3.15. The van der Waals surface area contributed by atoms with Crippen molar-refractivity contribution in [2.75, 3.05) is 26.2 Å². The van der Waals surface area contributed by atoms with E-state index in [1.807, 2.05) is 18.7 Å². The number of nitrogens with one attached hydrogen (secondary N) is 1. The van der Waals surface area contributed by atoms with Gasteiger partial charge < -0.3 is 5.32 Å². The van der Waals surface area contributed by atoms with Gasteiger partial charge in [-0.2, -0.15) is 26.3 Å². The van der Waals surface area contributed by atoms with Gasteiger partial charge in [0.2, 0.25) is 0 Å². The standard InChI is InChI=1S/C17H22F6N2/c1-3-11(2)15(25-6-4-24-5-7-25)12-8-13(16(18,19)20)10-14(9-12)17(21,22)23/h8-11,15,24H,3-7H2,1-2H3/t11?,15-/m1/s1. The predicted molar refractivity (Wildman–Crippen MR) is 83.1 cm³/mol. The third-order valence-corrected chi connectivity index (χ3v) is 4.68. The van der Waals surface area contributed by atoms with Crippen LogP contribution in [0.25, 0.3) is 0 Å². The van der Waals surface area contributed by atoms with E-state index in [9.17, 15) is 26.3 Å². The molecule has 25 heavy (non-hydrogen) atoms. The van der Waals surface area contributed by atoms with E-state index in [1.54, 1.807) is 0 Å². The van der Waals surface area contributed by atoms with Crippen LogP contribution >= 0.6 is 0 Å². The van der Waals surface area contributed by atoms with E-state index in [0.29, 0.717) is 32.6 Å². The lowest BCUT2D eigenvalue weighted by atomic mass is 9.88. The van der Waals surface area contributed by atoms with Gasteiger partial charge >= 0.3 is 12.4 Å². The van der Waals surface area contributed by atoms with Gasteiger partial charge in [0.05, 0.1) is 11.1 Å². The molecular formula is C17H22F6N2. The maximum absolute atomic E-state index is 13.1. The van der Waals surface area contributed by atoms with Crippen molar-refractivity contribution in [2.45, 2.75) is 38.7 Å². The van der Waals surface area contributed by atoms with Gasteiger partial charge in [-0.05, 0) is 29.7 Å². The summed E-state index contributed by atoms with van der Waals surface area (Å²) in [5.41, 5.74) is -2.42. The molecule has 0 aromatic heterocycles. The number of rotatable bonds is 4. The lowest BCUT2D eigenvalue weighted by Gasteiger charge is -2.39. The summed E-state index contributed by atoms with van der Waals surface area (Å²) >= 11 is 0. The molecule has 8 heteroatoms. The SMILES string of the molecule is CCC(C)[C@H](c1cc(C(F)(F)F)cc(C(F)(F)F)c1)N1CCNCC1. The summed E-state index contributed by atoms with van der Waals surface area (Å²) in [5.74, 6) is -0.0670. The highest BCUT2D eigenvalue weighted by Gasteiger charge is 2.38. The average Bonchev–Trinajstić information content (AvgIpc) is 2.54. The van der Waals surface area contributed by atoms with Gasteiger partial charge in [0.15, 0.2) is 0 Å². The quantitative estimate of drug-likeness (QED) is 0.774. The Kier molecular flexibility index (Phi) is 6.04. The number of alkyl halides is 6. The van der Waals surface area contributed by atoms with Gasteiger partial charge in [0.1, 0.15) is 0 Å². The van der Waals surface area contributed by atoms with Gasteiger partial charge in [-0.25, -0.2) is 0 Å². The molecule has 1 unspecified atom stereocenters. The highest BCUT2D eigenvalue weighted by atomic mass is 19.4. The predicted octanol–water partition coefficient (Wildman–Crippen LogP) is 4.72. The molecule has 142 valence electrons. The minimum atomic E-state index is -4.82. The number of hydrogen-bond acceptors (Lipinski definition) is 2. The van der Waals surface area contributed by atoms with Crippen molar-refractivity contribution in [2.24, 2.45) is 5.92 Å². The fraction of sp³-hybridized carbons (Fsp3) is 0.647. The number of piperazine rings is 1. The van der Waals surface area contributed by atoms with Crippen LogP contribution in [0.2, 0.25) is 0 Å². The molecule has 1 aliphatic rings. The lowest BCUT2D eigenvalue weighted by Crippen LogP contribution is -2.46. The number of hydrogen-bond donors (Lipinski definition) is 1. The van der Waals surface area contributed by atoms with Crippen LogP contribution in [0, 0.1) is 5.92 Å². The average molecular weight is 368 g/mol. The fourth-order valence-electron chi connectivity index (χ4n) is 3.23. The van der Waals surface area contributed by atoms with Crippen LogP contribution in [0.5, 0.6) is 0 Å². The molecule has 0 aliphatic carbocycles. The van der Waals surface area contributed by atoms with Crippen molar-refractivity contribution in [3.63, 3.8) is 0 Å². The Balaban J connectivity index is 2.54. The van der Waals surface area contributed by atoms with Crippen molar-refractivity contribution >= 4 is 0 Å². The molecule has 0 amide bonds. The van der Waals surface area contributed by atoms with E-state index >= 15 is 0 Å². The van der Waals surface area contributed by atoms with E-state index in [1.165, 1.54) is 0 Å². The Morgan fingerprint density at radius 3 is 1.84 bits per heavy atom. The van der Waals surface area contributed by atoms with Crippen molar-refractivity contribution in [1.82, 2.24) is 10.2 Å². The molecule has 0 bridgehead atoms. The summed E-state index contributed by atoms with van der Waals surface area (Å²) in [6.07, 6.45) is -8.98. The van der Waals surface area contributed by atoms with E-state index in [-0.39, 0.29) is 17.5 Å². The maximum Gasteiger partial charge on any atom is 0.416 e. The first-order valence-electron chi connectivity index (χ1n) is 8.28. The molecule has 0 radical (unpaired) electrons. The zero-order valence-corrected chi connectivity index (χ0v) is 14.1. The maximum atomic E-state index is 13.1. The van der Waals surface area contributed by atoms with Gasteiger partial charge in [-0.1, -0.05) is 20.3 Å². The molecule has 0 saturated carbocycles. The summed E-state index contributed by atoms with van der Waals surface area (Å²) in [6.45, 7) is 6.26. The van der Waals surface area contributed by atoms with Crippen LogP contribution in [0.15, 0.2) is 18.2 Å². The minimum absolute atomic E-state index is 0.0670. The largest absolute Gasteiger partial charge is 0.416 e. The molecule has 2 nitrogen and oxygen atoms in total. The van der Waals surface area contributed by atoms with Crippen LogP contribution in [-0.2, 0) is 12.4 Å². The van der Waals surface area contributed by atoms with Crippen LogP contribution in [0.4, 0.5) is 26.3 Å². The Morgan fingerprint density at radius 1 is 0.960 bits per heavy atom. The molecule has 0 spiro atoms. The molecule has 1 aromatic carbocycles. The molecule has 1 N–H and O–H groups in total. The zero-order valence-electron chi connectivity index (χ0n) is 14.1. The molecule has 1 fully saturated rings. The summed E-state index contributed by atoms with van der Waals surface area (Å²) in [4.78, 5) is 1.97. The highest BCUT2D eigenvalue weighted by molar-refractivity contribution is 5.35. The summed E-state index contributed by atoms with van der Waals surface area (Å²) < 4.78 is 78.8. The van der Waals surface area contributed by atoms with Crippen molar-refractivity contribution in [1.29, 1.82) is 0 Å². The third kappa shape index (κ3) is 4.88. The number of halogens is 6. The topological polar surface area (TPSA) is 15.3 Å². The zero-order chi connectivity index (χ0) is 18.8. The van der Waals surface area contributed by atoms with Crippen LogP contribution in [0.3, 0.4) is 0 Å². The molecule has 2 atom stereocenters. The number of nitrogens with zero attached hydrogens (tertiary/aromatic N) is 1. The Morgan fingerprint density at radius 2 is 1.44 bits per heavy atom. The van der Waals surface area contributed by atoms with Crippen molar-refractivity contribution in [3.8, 4) is 0 Å². The fourth-order valence-corrected chi connectivity index (χ4v) is 3.23. The monoisotopic (exact) mass is 368 g/mol. The summed E-state index contributed by atoms with van der Waals surface area (Å²) in [7, 11) is 0. The second-order valence-corrected chi connectivity index (χ2v) is 6.46. The molecule has 1 aromatic rings. The highest BCUT2D eigenvalue weighted by Crippen LogP contribution is 2.40. The first kappa shape index (κ1) is 20.0. The van der Waals surface area contributed by atoms with Crippen molar-refractivity contribution in [3.05, 3.63) is 34.9 Å². The number of benzene rings is 1. The van der Waals surface area contributed by atoms with Gasteiger partial charge in [0.25, 0.3) is 0 Å². The molecule has 1 aliphatic heterocycles. The molecular weight excluding hydrogens is 346 g/mol. The Hall–Kier alpha value is -1.28. The second kappa shape index (κ2) is 7.53. The molecule has 1 heterocycles. The van der Waals surface area contributed by atoms with Gasteiger partial charge in [0, 0.05) is 32.2 Å². The van der Waals surface area contributed by atoms with Crippen molar-refractivity contribution < 1.29 is 26.3 Å². The van der Waals surface area contributed by atoms with Crippen LogP contribution in [-0.4, -0.2) is 31.1 Å². The third-order valence-electron chi connectivity index (χ3n) is 4.68. The lowest BCUT2D eigenvalue weighted by molar-refractivity contribution is -0.143. The van der Waals surface area contributed by atoms with E-state index in [2.05, 4.69) is 5.32 Å². The Bertz CT molecular complexity index is 543. The first-order chi connectivity index (χ1) is 11.5. The smallest absolute Gasteiger partial charge is 0.314 e. The van der Waals surface area contributed by atoms with Crippen LogP contribution in [0.1, 0.15) is 43.0 Å². The first-order valence-corrected chi connectivity index (χ1v) is 8.28. The molecule has 2 rings (SSSR count). The normalized spacial score (nSPS) is 19.7. The van der Waals surface area contributed by atoms with Crippen LogP contribution < -0.4 is 5.32 Å². The molecule has 1 saturated heterocycles. The van der Waals surface area contributed by atoms with Gasteiger partial charge in [-0.15, -0.1) is 0 Å². The van der Waals surface area contributed by atoms with E-state index < -0.39 is 29.5 Å². The van der Waals surface area contributed by atoms with Gasteiger partial charge in [-0.3, -0.25) is 4.90 Å². The van der Waals surface area contributed by atoms with E-state index in [0.717, 1.165) is 12.1 Å². The second-order valence-electron chi connectivity index (χ2n) is 6.46. The van der Waals surface area contributed by atoms with E-state index in [4.69, 9.17) is 0 Å². The minimum Gasteiger partial charge on any atom is -0.314 e. The Labute approximate surface area is 143 Å². The summed E-state index contributed by atoms with van der Waals surface area (Å²) in [6, 6.07) is 1.45.